The van der Waals surface area contributed by atoms with Crippen molar-refractivity contribution >= 4 is 5.97 Å². The normalized spacial score (nSPS) is 19.9. The average Bonchev–Trinajstić information content (AvgIpc) is 3.30. The van der Waals surface area contributed by atoms with Gasteiger partial charge in [0.15, 0.2) is 6.29 Å². The summed E-state index contributed by atoms with van der Waals surface area (Å²) in [5.74, 6) is -0.324. The summed E-state index contributed by atoms with van der Waals surface area (Å²) >= 11 is 0. The van der Waals surface area contributed by atoms with E-state index < -0.39 is 43.4 Å². The lowest BCUT2D eigenvalue weighted by atomic mass is 9.99. The smallest absolute Gasteiger partial charge is 0.306 e. The van der Waals surface area contributed by atoms with Crippen molar-refractivity contribution in [3.05, 3.63) is 48.6 Å². The van der Waals surface area contributed by atoms with E-state index in [9.17, 15) is 25.2 Å². The molecule has 0 amide bonds. The van der Waals surface area contributed by atoms with E-state index in [0.29, 0.717) is 13.0 Å². The first-order chi connectivity index (χ1) is 31.4. The van der Waals surface area contributed by atoms with Crippen molar-refractivity contribution in [2.24, 2.45) is 0 Å². The zero-order valence-corrected chi connectivity index (χ0v) is 41.3. The molecule has 0 aromatic rings. The number of carbonyl (C=O) groups is 1. The standard InChI is InChI=1S/C55H100O9/c1-3-5-7-9-11-13-15-17-19-21-23-25-26-28-30-32-34-36-38-40-42-44-51(57)63-49(48-62-55-54(60)53(59)52(58)50(46-56)64-55)47-61-45-43-41-39-37-35-33-31-29-27-24-22-20-18-16-14-12-10-8-6-4-2/h15,17-18,20-21,23,26,28,49-50,52-56,58-60H,3-14,16,19,22,24-25,27,29-48H2,1-2H3/b17-15-,20-18-,23-21-,28-26-. The monoisotopic (exact) mass is 905 g/mol. The van der Waals surface area contributed by atoms with Crippen LogP contribution in [0.15, 0.2) is 48.6 Å². The molecule has 6 unspecified atom stereocenters. The van der Waals surface area contributed by atoms with Crippen LogP contribution in [0, 0.1) is 0 Å². The van der Waals surface area contributed by atoms with Crippen LogP contribution in [0.25, 0.3) is 0 Å². The maximum absolute atomic E-state index is 12.8. The molecular weight excluding hydrogens is 805 g/mol. The van der Waals surface area contributed by atoms with Gasteiger partial charge in [0.05, 0.1) is 19.8 Å². The van der Waals surface area contributed by atoms with Crippen LogP contribution in [0.1, 0.15) is 232 Å². The van der Waals surface area contributed by atoms with Crippen LogP contribution in [0.3, 0.4) is 0 Å². The van der Waals surface area contributed by atoms with Gasteiger partial charge in [0.1, 0.15) is 30.5 Å². The Balaban J connectivity index is 2.21. The van der Waals surface area contributed by atoms with Gasteiger partial charge in [-0.2, -0.15) is 0 Å². The van der Waals surface area contributed by atoms with Gasteiger partial charge in [-0.1, -0.05) is 197 Å². The number of carbonyl (C=O) groups excluding carboxylic acids is 1. The average molecular weight is 905 g/mol. The Hall–Kier alpha value is -1.85. The van der Waals surface area contributed by atoms with Gasteiger partial charge in [0.2, 0.25) is 0 Å². The summed E-state index contributed by atoms with van der Waals surface area (Å²) in [6.07, 6.45) is 51.4. The van der Waals surface area contributed by atoms with Gasteiger partial charge in [-0.15, -0.1) is 0 Å². The Bertz CT molecular complexity index is 1120. The molecule has 1 aliphatic rings. The summed E-state index contributed by atoms with van der Waals surface area (Å²) in [7, 11) is 0. The highest BCUT2D eigenvalue weighted by atomic mass is 16.7. The number of aliphatic hydroxyl groups excluding tert-OH is 4. The minimum absolute atomic E-state index is 0.119. The predicted octanol–water partition coefficient (Wildman–Crippen LogP) is 13.3. The van der Waals surface area contributed by atoms with Gasteiger partial charge in [0.25, 0.3) is 0 Å². The van der Waals surface area contributed by atoms with E-state index >= 15 is 0 Å². The van der Waals surface area contributed by atoms with Crippen molar-refractivity contribution in [1.82, 2.24) is 0 Å². The summed E-state index contributed by atoms with van der Waals surface area (Å²) in [5.41, 5.74) is 0. The second-order valence-electron chi connectivity index (χ2n) is 18.3. The number of ether oxygens (including phenoxy) is 4. The van der Waals surface area contributed by atoms with Gasteiger partial charge in [-0.25, -0.2) is 0 Å². The Kier molecular flexibility index (Phi) is 43.5. The molecule has 1 aliphatic heterocycles. The second-order valence-corrected chi connectivity index (χ2v) is 18.3. The molecule has 9 heteroatoms. The Morgan fingerprint density at radius 3 is 1.38 bits per heavy atom. The maximum Gasteiger partial charge on any atom is 0.306 e. The van der Waals surface area contributed by atoms with Crippen LogP contribution >= 0.6 is 0 Å². The Morgan fingerprint density at radius 2 is 0.906 bits per heavy atom. The molecule has 0 saturated carbocycles. The van der Waals surface area contributed by atoms with Gasteiger partial charge in [0, 0.05) is 13.0 Å². The highest BCUT2D eigenvalue weighted by molar-refractivity contribution is 5.69. The fraction of sp³-hybridized carbons (Fsp3) is 0.836. The van der Waals surface area contributed by atoms with Gasteiger partial charge < -0.3 is 39.4 Å². The minimum atomic E-state index is -1.54. The topological polar surface area (TPSA) is 135 Å². The lowest BCUT2D eigenvalue weighted by Crippen LogP contribution is -2.59. The first-order valence-corrected chi connectivity index (χ1v) is 26.7. The summed E-state index contributed by atoms with van der Waals surface area (Å²) in [6.45, 7) is 4.55. The van der Waals surface area contributed by atoms with Crippen molar-refractivity contribution in [3.63, 3.8) is 0 Å². The molecule has 9 nitrogen and oxygen atoms in total. The van der Waals surface area contributed by atoms with Crippen molar-refractivity contribution in [1.29, 1.82) is 0 Å². The van der Waals surface area contributed by atoms with Crippen LogP contribution in [0.4, 0.5) is 0 Å². The molecule has 64 heavy (non-hydrogen) atoms. The predicted molar refractivity (Wildman–Crippen MR) is 265 cm³/mol. The van der Waals surface area contributed by atoms with E-state index in [1.54, 1.807) is 0 Å². The van der Waals surface area contributed by atoms with Crippen molar-refractivity contribution in [2.75, 3.05) is 26.4 Å². The molecule has 0 aromatic heterocycles. The summed E-state index contributed by atoms with van der Waals surface area (Å²) < 4.78 is 22.9. The van der Waals surface area contributed by atoms with E-state index in [-0.39, 0.29) is 19.2 Å². The quantitative estimate of drug-likeness (QED) is 0.0267. The third kappa shape index (κ3) is 36.3. The zero-order chi connectivity index (χ0) is 46.4. The molecule has 1 heterocycles. The van der Waals surface area contributed by atoms with Crippen molar-refractivity contribution in [3.8, 4) is 0 Å². The number of esters is 1. The molecule has 374 valence electrons. The van der Waals surface area contributed by atoms with Crippen LogP contribution in [0.5, 0.6) is 0 Å². The lowest BCUT2D eigenvalue weighted by Gasteiger charge is -2.39. The van der Waals surface area contributed by atoms with Crippen molar-refractivity contribution < 1.29 is 44.2 Å². The summed E-state index contributed by atoms with van der Waals surface area (Å²) in [6, 6.07) is 0. The lowest BCUT2D eigenvalue weighted by molar-refractivity contribution is -0.305. The van der Waals surface area contributed by atoms with Crippen LogP contribution in [-0.4, -0.2) is 89.6 Å². The molecule has 6 atom stereocenters. The number of hydrogen-bond donors (Lipinski definition) is 4. The molecule has 4 N–H and O–H groups in total. The van der Waals surface area contributed by atoms with Crippen molar-refractivity contribution in [2.45, 2.75) is 269 Å². The first kappa shape index (κ1) is 60.2. The fourth-order valence-electron chi connectivity index (χ4n) is 8.02. The molecule has 0 aromatic carbocycles. The van der Waals surface area contributed by atoms with E-state index in [1.165, 1.54) is 154 Å². The molecule has 0 spiro atoms. The first-order valence-electron chi connectivity index (χ1n) is 26.7. The largest absolute Gasteiger partial charge is 0.457 e. The number of hydrogen-bond acceptors (Lipinski definition) is 9. The SMILES string of the molecule is CCCCCCC/C=C\C/C=C\C/C=C\CCCCCCCCC(=O)OC(COCCCCCCCCCCCC/C=C\CCCCCCCC)COC1OC(CO)C(O)C(O)C1O. The highest BCUT2D eigenvalue weighted by Crippen LogP contribution is 2.23. The van der Waals surface area contributed by atoms with Crippen LogP contribution in [-0.2, 0) is 23.7 Å². The van der Waals surface area contributed by atoms with E-state index in [0.717, 1.165) is 57.8 Å². The number of rotatable bonds is 46. The second kappa shape index (κ2) is 46.3. The molecule has 0 radical (unpaired) electrons. The molecular formula is C55H100O9. The van der Waals surface area contributed by atoms with Crippen LogP contribution in [0.2, 0.25) is 0 Å². The Morgan fingerprint density at radius 1 is 0.500 bits per heavy atom. The minimum Gasteiger partial charge on any atom is -0.457 e. The summed E-state index contributed by atoms with van der Waals surface area (Å²) in [5, 5.41) is 40.3. The van der Waals surface area contributed by atoms with E-state index in [2.05, 4.69) is 62.5 Å². The van der Waals surface area contributed by atoms with Gasteiger partial charge >= 0.3 is 5.97 Å². The number of allylic oxidation sites excluding steroid dienone is 8. The molecule has 1 rings (SSSR count). The van der Waals surface area contributed by atoms with E-state index in [4.69, 9.17) is 18.9 Å². The fourth-order valence-corrected chi connectivity index (χ4v) is 8.02. The third-order valence-electron chi connectivity index (χ3n) is 12.2. The Labute approximate surface area is 392 Å². The number of aliphatic hydroxyl groups is 4. The molecule has 0 aliphatic carbocycles. The molecule has 1 saturated heterocycles. The molecule has 0 bridgehead atoms. The maximum atomic E-state index is 12.8. The zero-order valence-electron chi connectivity index (χ0n) is 41.3. The van der Waals surface area contributed by atoms with Gasteiger partial charge in [-0.05, 0) is 77.0 Å². The number of unbranched alkanes of at least 4 members (excludes halogenated alkanes) is 27. The van der Waals surface area contributed by atoms with Crippen LogP contribution < -0.4 is 0 Å². The van der Waals surface area contributed by atoms with E-state index in [1.807, 2.05) is 0 Å². The highest BCUT2D eigenvalue weighted by Gasteiger charge is 2.44. The summed E-state index contributed by atoms with van der Waals surface area (Å²) in [4.78, 5) is 12.8. The third-order valence-corrected chi connectivity index (χ3v) is 12.2. The molecule has 1 fully saturated rings. The van der Waals surface area contributed by atoms with Gasteiger partial charge in [-0.3, -0.25) is 4.79 Å².